The Morgan fingerprint density at radius 1 is 1.26 bits per heavy atom. The van der Waals surface area contributed by atoms with Crippen LogP contribution in [0.25, 0.3) is 0 Å². The van der Waals surface area contributed by atoms with Crippen LogP contribution in [0.4, 0.5) is 11.4 Å². The Balaban J connectivity index is 2.08. The fraction of sp³-hybridized carbons (Fsp3) is 0.429. The van der Waals surface area contributed by atoms with Gasteiger partial charge in [-0.15, -0.1) is 0 Å². The van der Waals surface area contributed by atoms with Crippen molar-refractivity contribution in [2.24, 2.45) is 0 Å². The van der Waals surface area contributed by atoms with E-state index in [-0.39, 0.29) is 0 Å². The summed E-state index contributed by atoms with van der Waals surface area (Å²) in [5.41, 5.74) is 2.28. The number of nitrogens with zero attached hydrogens (tertiary/aromatic N) is 4. The molecule has 0 aliphatic rings. The minimum atomic E-state index is 0.685. The molecule has 0 bridgehead atoms. The topological polar surface area (TPSA) is 46.0 Å². The number of rotatable bonds is 6. The SMILES string of the molecule is CCCn1ncnc1CNc1ccccc1N(C)C. The van der Waals surface area contributed by atoms with E-state index in [1.807, 2.05) is 30.9 Å². The minimum Gasteiger partial charge on any atom is -0.376 e. The number of hydrogen-bond acceptors (Lipinski definition) is 4. The van der Waals surface area contributed by atoms with Crippen molar-refractivity contribution in [1.82, 2.24) is 14.8 Å². The van der Waals surface area contributed by atoms with Gasteiger partial charge in [0.05, 0.1) is 17.9 Å². The molecular weight excluding hydrogens is 238 g/mol. The second-order valence-corrected chi connectivity index (χ2v) is 4.66. The molecule has 0 spiro atoms. The first kappa shape index (κ1) is 13.4. The van der Waals surface area contributed by atoms with Crippen LogP contribution in [0.3, 0.4) is 0 Å². The van der Waals surface area contributed by atoms with Crippen LogP contribution in [0.2, 0.25) is 0 Å². The predicted molar refractivity (Wildman–Crippen MR) is 78.4 cm³/mol. The third-order valence-corrected chi connectivity index (χ3v) is 2.95. The third kappa shape index (κ3) is 3.24. The fourth-order valence-electron chi connectivity index (χ4n) is 2.01. The quantitative estimate of drug-likeness (QED) is 0.865. The summed E-state index contributed by atoms with van der Waals surface area (Å²) in [5, 5.41) is 7.66. The van der Waals surface area contributed by atoms with E-state index in [4.69, 9.17) is 0 Å². The predicted octanol–water partition coefficient (Wildman–Crippen LogP) is 2.37. The van der Waals surface area contributed by atoms with Crippen molar-refractivity contribution in [3.63, 3.8) is 0 Å². The first-order valence-corrected chi connectivity index (χ1v) is 6.59. The molecule has 102 valence electrons. The molecule has 0 saturated carbocycles. The summed E-state index contributed by atoms with van der Waals surface area (Å²) in [5.74, 6) is 0.968. The van der Waals surface area contributed by atoms with Gasteiger partial charge < -0.3 is 10.2 Å². The summed E-state index contributed by atoms with van der Waals surface area (Å²) in [4.78, 5) is 6.40. The van der Waals surface area contributed by atoms with Crippen LogP contribution in [0.1, 0.15) is 19.2 Å². The largest absolute Gasteiger partial charge is 0.376 e. The highest BCUT2D eigenvalue weighted by Gasteiger charge is 2.06. The lowest BCUT2D eigenvalue weighted by molar-refractivity contribution is 0.574. The summed E-state index contributed by atoms with van der Waals surface area (Å²) in [7, 11) is 4.08. The number of aromatic nitrogens is 3. The molecule has 1 heterocycles. The minimum absolute atomic E-state index is 0.685. The van der Waals surface area contributed by atoms with Crippen molar-refractivity contribution < 1.29 is 0 Å². The Morgan fingerprint density at radius 2 is 2.05 bits per heavy atom. The van der Waals surface area contributed by atoms with Gasteiger partial charge in [-0.25, -0.2) is 9.67 Å². The van der Waals surface area contributed by atoms with Crippen molar-refractivity contribution in [1.29, 1.82) is 0 Å². The number of hydrogen-bond donors (Lipinski definition) is 1. The van der Waals surface area contributed by atoms with Gasteiger partial charge in [0.2, 0.25) is 0 Å². The zero-order valence-corrected chi connectivity index (χ0v) is 11.8. The normalized spacial score (nSPS) is 10.5. The van der Waals surface area contributed by atoms with Gasteiger partial charge in [-0.1, -0.05) is 19.1 Å². The molecule has 1 N–H and O–H groups in total. The summed E-state index contributed by atoms with van der Waals surface area (Å²) >= 11 is 0. The maximum Gasteiger partial charge on any atom is 0.146 e. The van der Waals surface area contributed by atoms with E-state index in [1.165, 1.54) is 5.69 Å². The van der Waals surface area contributed by atoms with Gasteiger partial charge in [0.25, 0.3) is 0 Å². The van der Waals surface area contributed by atoms with Gasteiger partial charge in [0.1, 0.15) is 12.2 Å². The van der Waals surface area contributed by atoms with Crippen LogP contribution in [-0.4, -0.2) is 28.9 Å². The molecule has 5 nitrogen and oxygen atoms in total. The Labute approximate surface area is 114 Å². The molecule has 0 aliphatic carbocycles. The summed E-state index contributed by atoms with van der Waals surface area (Å²) in [6.45, 7) is 3.73. The number of aryl methyl sites for hydroxylation is 1. The van der Waals surface area contributed by atoms with Crippen LogP contribution >= 0.6 is 0 Å². The lowest BCUT2D eigenvalue weighted by Gasteiger charge is -2.18. The molecule has 0 radical (unpaired) electrons. The zero-order valence-electron chi connectivity index (χ0n) is 11.8. The van der Waals surface area contributed by atoms with E-state index in [2.05, 4.69) is 39.4 Å². The highest BCUT2D eigenvalue weighted by Crippen LogP contribution is 2.23. The molecular formula is C14H21N5. The van der Waals surface area contributed by atoms with Gasteiger partial charge in [0.15, 0.2) is 0 Å². The van der Waals surface area contributed by atoms with Crippen molar-refractivity contribution >= 4 is 11.4 Å². The molecule has 5 heteroatoms. The van der Waals surface area contributed by atoms with Gasteiger partial charge in [-0.3, -0.25) is 0 Å². The average molecular weight is 259 g/mol. The lowest BCUT2D eigenvalue weighted by atomic mass is 10.2. The summed E-state index contributed by atoms with van der Waals surface area (Å²) in [6.07, 6.45) is 2.68. The molecule has 0 amide bonds. The van der Waals surface area contributed by atoms with E-state index in [1.54, 1.807) is 6.33 Å². The monoisotopic (exact) mass is 259 g/mol. The van der Waals surface area contributed by atoms with E-state index in [0.29, 0.717) is 6.54 Å². The molecule has 0 atom stereocenters. The molecule has 0 aliphatic heterocycles. The summed E-state index contributed by atoms with van der Waals surface area (Å²) in [6, 6.07) is 8.25. The number of nitrogens with one attached hydrogen (secondary N) is 1. The first-order valence-electron chi connectivity index (χ1n) is 6.59. The van der Waals surface area contributed by atoms with Crippen LogP contribution in [0.5, 0.6) is 0 Å². The Hall–Kier alpha value is -2.04. The van der Waals surface area contributed by atoms with Gasteiger partial charge >= 0.3 is 0 Å². The van der Waals surface area contributed by atoms with Crippen molar-refractivity contribution in [3.05, 3.63) is 36.4 Å². The third-order valence-electron chi connectivity index (χ3n) is 2.95. The fourth-order valence-corrected chi connectivity index (χ4v) is 2.01. The molecule has 1 aromatic carbocycles. The average Bonchev–Trinajstić information content (AvgIpc) is 2.84. The summed E-state index contributed by atoms with van der Waals surface area (Å²) < 4.78 is 1.95. The van der Waals surface area contributed by atoms with Crippen molar-refractivity contribution in [2.75, 3.05) is 24.3 Å². The van der Waals surface area contributed by atoms with E-state index >= 15 is 0 Å². The van der Waals surface area contributed by atoms with Crippen molar-refractivity contribution in [3.8, 4) is 0 Å². The Bertz CT molecular complexity index is 518. The number of benzene rings is 1. The maximum atomic E-state index is 4.30. The van der Waals surface area contributed by atoms with Gasteiger partial charge in [-0.2, -0.15) is 5.10 Å². The molecule has 0 fully saturated rings. The molecule has 19 heavy (non-hydrogen) atoms. The first-order chi connectivity index (χ1) is 9.22. The Morgan fingerprint density at radius 3 is 2.79 bits per heavy atom. The lowest BCUT2D eigenvalue weighted by Crippen LogP contribution is -2.14. The van der Waals surface area contributed by atoms with Crippen LogP contribution < -0.4 is 10.2 Å². The van der Waals surface area contributed by atoms with E-state index in [9.17, 15) is 0 Å². The number of anilines is 2. The maximum absolute atomic E-state index is 4.30. The van der Waals surface area contributed by atoms with Gasteiger partial charge in [0, 0.05) is 20.6 Å². The highest BCUT2D eigenvalue weighted by atomic mass is 15.3. The molecule has 0 saturated heterocycles. The molecule has 2 aromatic rings. The second-order valence-electron chi connectivity index (χ2n) is 4.66. The van der Waals surface area contributed by atoms with Crippen LogP contribution in [0.15, 0.2) is 30.6 Å². The van der Waals surface area contributed by atoms with Crippen molar-refractivity contribution in [2.45, 2.75) is 26.4 Å². The highest BCUT2D eigenvalue weighted by molar-refractivity contribution is 5.69. The zero-order chi connectivity index (χ0) is 13.7. The second kappa shape index (κ2) is 6.22. The standard InChI is InChI=1S/C14H21N5/c1-4-9-19-14(16-11-17-19)10-15-12-7-5-6-8-13(12)18(2)3/h5-8,11,15H,4,9-10H2,1-3H3. The Kier molecular flexibility index (Phi) is 4.39. The van der Waals surface area contributed by atoms with Gasteiger partial charge in [-0.05, 0) is 18.6 Å². The van der Waals surface area contributed by atoms with Crippen LogP contribution in [-0.2, 0) is 13.1 Å². The number of para-hydroxylation sites is 2. The van der Waals surface area contributed by atoms with Crippen LogP contribution in [0, 0.1) is 0 Å². The van der Waals surface area contributed by atoms with E-state index < -0.39 is 0 Å². The van der Waals surface area contributed by atoms with E-state index in [0.717, 1.165) is 24.5 Å². The molecule has 1 aromatic heterocycles. The molecule has 2 rings (SSSR count). The smallest absolute Gasteiger partial charge is 0.146 e. The molecule has 0 unspecified atom stereocenters.